The van der Waals surface area contributed by atoms with Crippen LogP contribution >= 0.6 is 11.8 Å². The molecule has 0 unspecified atom stereocenters. The van der Waals surface area contributed by atoms with E-state index in [1.165, 1.54) is 24.5 Å². The zero-order valence-corrected chi connectivity index (χ0v) is 18.1. The molecule has 0 radical (unpaired) electrons. The van der Waals surface area contributed by atoms with E-state index in [2.05, 4.69) is 25.9 Å². The van der Waals surface area contributed by atoms with Crippen LogP contribution in [0.2, 0.25) is 0 Å². The Morgan fingerprint density at radius 2 is 1.53 bits per heavy atom. The van der Waals surface area contributed by atoms with Gasteiger partial charge in [-0.25, -0.2) is 4.98 Å². The van der Waals surface area contributed by atoms with Crippen LogP contribution in [0.25, 0.3) is 0 Å². The van der Waals surface area contributed by atoms with Crippen LogP contribution in [0.5, 0.6) is 0 Å². The first kappa shape index (κ1) is 21.2. The molecule has 2 aromatic carbocycles. The Balaban J connectivity index is 1.30. The van der Waals surface area contributed by atoms with Gasteiger partial charge in [0, 0.05) is 33.3 Å². The molecule has 5 rings (SSSR count). The van der Waals surface area contributed by atoms with Crippen molar-refractivity contribution in [2.75, 3.05) is 16.0 Å². The fourth-order valence-electron chi connectivity index (χ4n) is 3.30. The highest BCUT2D eigenvalue weighted by Crippen LogP contribution is 2.46. The van der Waals surface area contributed by atoms with Crippen LogP contribution in [-0.4, -0.2) is 19.8 Å². The van der Waals surface area contributed by atoms with Crippen molar-refractivity contribution < 1.29 is 9.85 Å². The fourth-order valence-corrected chi connectivity index (χ4v) is 4.30. The Hall–Kier alpha value is -4.71. The number of benzene rings is 2. The Morgan fingerprint density at radius 1 is 0.735 bits per heavy atom. The maximum Gasteiger partial charge on any atom is 0.363 e. The Kier molecular flexibility index (Phi) is 5.40. The van der Waals surface area contributed by atoms with E-state index in [0.29, 0.717) is 11.5 Å². The smallest absolute Gasteiger partial charge is 0.358 e. The molecule has 0 amide bonds. The van der Waals surface area contributed by atoms with Crippen molar-refractivity contribution in [1.29, 1.82) is 0 Å². The van der Waals surface area contributed by atoms with Crippen LogP contribution in [0.4, 0.5) is 45.8 Å². The van der Waals surface area contributed by atoms with Crippen molar-refractivity contribution in [2.45, 2.75) is 9.79 Å². The van der Waals surface area contributed by atoms with E-state index in [0.717, 1.165) is 32.5 Å². The van der Waals surface area contributed by atoms with Crippen LogP contribution in [0.15, 0.2) is 82.8 Å². The first-order chi connectivity index (χ1) is 16.4. The summed E-state index contributed by atoms with van der Waals surface area (Å²) in [4.78, 5) is 30.5. The Morgan fingerprint density at radius 3 is 2.24 bits per heavy atom. The van der Waals surface area contributed by atoms with Crippen LogP contribution < -0.4 is 16.0 Å². The second kappa shape index (κ2) is 8.67. The average molecular weight is 473 g/mol. The molecule has 11 nitrogen and oxygen atoms in total. The number of pyridine rings is 2. The molecular weight excluding hydrogens is 458 g/mol. The second-order valence-electron chi connectivity index (χ2n) is 7.22. The number of nitrogens with one attached hydrogen (secondary N) is 3. The number of nitro groups is 2. The fraction of sp³-hybridized carbons (Fsp3) is 0. The minimum absolute atomic E-state index is 0.0654. The summed E-state index contributed by atoms with van der Waals surface area (Å²) in [5, 5.41) is 31.3. The van der Waals surface area contributed by atoms with Gasteiger partial charge in [-0.15, -0.1) is 0 Å². The van der Waals surface area contributed by atoms with Crippen LogP contribution in [-0.2, 0) is 0 Å². The van der Waals surface area contributed by atoms with Crippen molar-refractivity contribution in [3.63, 3.8) is 0 Å². The normalized spacial score (nSPS) is 11.5. The number of hydrogen-bond acceptors (Lipinski definition) is 10. The molecule has 0 saturated carbocycles. The molecule has 34 heavy (non-hydrogen) atoms. The lowest BCUT2D eigenvalue weighted by Gasteiger charge is -2.22. The maximum atomic E-state index is 10.8. The molecule has 0 bridgehead atoms. The lowest BCUT2D eigenvalue weighted by atomic mass is 10.2. The molecule has 0 aliphatic carbocycles. The molecule has 12 heteroatoms. The van der Waals surface area contributed by atoms with Crippen molar-refractivity contribution in [3.8, 4) is 0 Å². The number of anilines is 6. The van der Waals surface area contributed by atoms with E-state index in [9.17, 15) is 20.2 Å². The number of fused-ring (bicyclic) bond motifs is 2. The quantitative estimate of drug-likeness (QED) is 0.198. The van der Waals surface area contributed by atoms with Gasteiger partial charge in [-0.1, -0.05) is 11.8 Å². The molecule has 3 N–H and O–H groups in total. The number of rotatable bonds is 6. The number of nitrogens with zero attached hydrogens (tertiary/aromatic N) is 4. The lowest BCUT2D eigenvalue weighted by molar-refractivity contribution is -0.389. The van der Waals surface area contributed by atoms with E-state index in [1.54, 1.807) is 23.9 Å². The van der Waals surface area contributed by atoms with Gasteiger partial charge in [-0.3, -0.25) is 10.1 Å². The van der Waals surface area contributed by atoms with Crippen LogP contribution in [0, 0.1) is 20.2 Å². The van der Waals surface area contributed by atoms with E-state index in [1.807, 2.05) is 36.4 Å². The zero-order valence-electron chi connectivity index (χ0n) is 17.3. The monoisotopic (exact) mass is 473 g/mol. The van der Waals surface area contributed by atoms with Gasteiger partial charge in [0.25, 0.3) is 5.69 Å². The summed E-state index contributed by atoms with van der Waals surface area (Å²) in [5.74, 6) is 0.302. The Labute approximate surface area is 196 Å². The SMILES string of the molecule is O=[N+]([O-])c1ccc(Nc2ccc3c(c2)Nc2ccc(Nc4ccc([N+](=O)[O-])nc4)cc2S3)nc1. The molecule has 4 aromatic rings. The van der Waals surface area contributed by atoms with E-state index in [-0.39, 0.29) is 11.5 Å². The van der Waals surface area contributed by atoms with E-state index in [4.69, 9.17) is 0 Å². The van der Waals surface area contributed by atoms with Crippen LogP contribution in [0.1, 0.15) is 0 Å². The van der Waals surface area contributed by atoms with Crippen molar-refractivity contribution in [3.05, 3.63) is 93.3 Å². The van der Waals surface area contributed by atoms with E-state index >= 15 is 0 Å². The predicted octanol–water partition coefficient (Wildman–Crippen LogP) is 5.99. The molecule has 0 atom stereocenters. The largest absolute Gasteiger partial charge is 0.363 e. The third-order valence-electron chi connectivity index (χ3n) is 4.91. The topological polar surface area (TPSA) is 148 Å². The highest BCUT2D eigenvalue weighted by atomic mass is 32.2. The third-order valence-corrected chi connectivity index (χ3v) is 6.04. The summed E-state index contributed by atoms with van der Waals surface area (Å²) in [5.41, 5.74) is 4.06. The van der Waals surface area contributed by atoms with Gasteiger partial charge in [0.05, 0.1) is 22.0 Å². The van der Waals surface area contributed by atoms with Gasteiger partial charge in [-0.2, -0.15) is 0 Å². The van der Waals surface area contributed by atoms with Crippen LogP contribution in [0.3, 0.4) is 0 Å². The predicted molar refractivity (Wildman–Crippen MR) is 129 cm³/mol. The number of hydrogen-bond donors (Lipinski definition) is 3. The summed E-state index contributed by atoms with van der Waals surface area (Å²) in [6, 6.07) is 17.6. The number of aromatic nitrogens is 2. The molecule has 3 heterocycles. The molecule has 0 spiro atoms. The van der Waals surface area contributed by atoms with Gasteiger partial charge in [0.1, 0.15) is 12.0 Å². The minimum atomic E-state index is -0.536. The molecular formula is C22H15N7O4S. The van der Waals surface area contributed by atoms with Crippen molar-refractivity contribution >= 4 is 57.5 Å². The molecule has 1 aliphatic rings. The Bertz CT molecular complexity index is 1300. The van der Waals surface area contributed by atoms with Gasteiger partial charge >= 0.3 is 5.82 Å². The second-order valence-corrected chi connectivity index (χ2v) is 8.30. The molecule has 0 saturated heterocycles. The molecule has 0 fully saturated rings. The standard InChI is InChI=1S/C22H15N7O4S/c30-28(31)16-4-7-21(23-12-16)26-13-2-6-19-18(9-13)27-17-5-1-14(10-20(17)34-19)25-15-3-8-22(24-11-15)29(32)33/h1-12,25,27H,(H,23,26). The molecule has 2 aromatic heterocycles. The molecule has 1 aliphatic heterocycles. The highest BCUT2D eigenvalue weighted by Gasteiger charge is 2.17. The van der Waals surface area contributed by atoms with Gasteiger partial charge < -0.3 is 26.1 Å². The average Bonchev–Trinajstić information content (AvgIpc) is 2.83. The van der Waals surface area contributed by atoms with Gasteiger partial charge in [0.2, 0.25) is 0 Å². The highest BCUT2D eigenvalue weighted by molar-refractivity contribution is 7.99. The summed E-state index contributed by atoms with van der Waals surface area (Å²) < 4.78 is 0. The maximum absolute atomic E-state index is 10.8. The third kappa shape index (κ3) is 4.42. The summed E-state index contributed by atoms with van der Waals surface area (Å²) >= 11 is 1.61. The molecule has 168 valence electrons. The summed E-state index contributed by atoms with van der Waals surface area (Å²) in [6.07, 6.45) is 2.63. The van der Waals surface area contributed by atoms with E-state index < -0.39 is 9.85 Å². The van der Waals surface area contributed by atoms with Gasteiger partial charge in [-0.05, 0) is 58.4 Å². The zero-order chi connectivity index (χ0) is 23.7. The summed E-state index contributed by atoms with van der Waals surface area (Å²) in [6.45, 7) is 0. The van der Waals surface area contributed by atoms with Crippen molar-refractivity contribution in [2.24, 2.45) is 0 Å². The summed E-state index contributed by atoms with van der Waals surface area (Å²) in [7, 11) is 0. The minimum Gasteiger partial charge on any atom is -0.358 e. The lowest BCUT2D eigenvalue weighted by Crippen LogP contribution is -2.02. The van der Waals surface area contributed by atoms with Gasteiger partial charge in [0.15, 0.2) is 6.20 Å². The first-order valence-electron chi connectivity index (χ1n) is 9.92. The first-order valence-corrected chi connectivity index (χ1v) is 10.7. The van der Waals surface area contributed by atoms with Crippen molar-refractivity contribution in [1.82, 2.24) is 9.97 Å².